The minimum atomic E-state index is -0.118. The molecule has 1 atom stereocenters. The maximum atomic E-state index is 6.01. The number of hydrogen-bond acceptors (Lipinski definition) is 3. The Hall–Kier alpha value is -0.420. The van der Waals surface area contributed by atoms with E-state index in [2.05, 4.69) is 68.0 Å². The first-order valence-electron chi connectivity index (χ1n) is 7.52. The molecule has 4 heteroatoms. The topological polar surface area (TPSA) is 30.5 Å². The second-order valence-electron chi connectivity index (χ2n) is 6.43. The predicted molar refractivity (Wildman–Crippen MR) is 91.7 cm³/mol. The van der Waals surface area contributed by atoms with Gasteiger partial charge in [0.2, 0.25) is 0 Å². The third kappa shape index (κ3) is 8.57. The molecule has 0 heterocycles. The fraction of sp³-hybridized carbons (Fsp3) is 0.647. The van der Waals surface area contributed by atoms with E-state index in [0.717, 1.165) is 11.0 Å². The van der Waals surface area contributed by atoms with Crippen LogP contribution in [-0.4, -0.2) is 31.4 Å². The average molecular weight is 358 g/mol. The van der Waals surface area contributed by atoms with E-state index in [1.807, 2.05) is 12.1 Å². The maximum absolute atomic E-state index is 6.01. The van der Waals surface area contributed by atoms with Crippen molar-refractivity contribution < 1.29 is 9.47 Å². The van der Waals surface area contributed by atoms with E-state index in [-0.39, 0.29) is 11.7 Å². The molecule has 0 bridgehead atoms. The Labute approximate surface area is 137 Å². The fourth-order valence-corrected chi connectivity index (χ4v) is 2.10. The van der Waals surface area contributed by atoms with Crippen LogP contribution in [-0.2, 0) is 9.47 Å². The Balaban J connectivity index is 2.54. The van der Waals surface area contributed by atoms with E-state index in [1.54, 1.807) is 0 Å². The normalized spacial score (nSPS) is 13.7. The Bertz CT molecular complexity index is 398. The first-order chi connectivity index (χ1) is 9.78. The summed E-state index contributed by atoms with van der Waals surface area (Å²) in [5.41, 5.74) is 1.06. The maximum Gasteiger partial charge on any atom is 0.0950 e. The van der Waals surface area contributed by atoms with Crippen molar-refractivity contribution in [1.82, 2.24) is 5.32 Å². The summed E-state index contributed by atoms with van der Waals surface area (Å²) in [6.07, 6.45) is 0.0454. The first kappa shape index (κ1) is 18.6. The van der Waals surface area contributed by atoms with E-state index in [4.69, 9.17) is 9.47 Å². The monoisotopic (exact) mass is 357 g/mol. The van der Waals surface area contributed by atoms with Crippen molar-refractivity contribution in [2.75, 3.05) is 19.8 Å². The van der Waals surface area contributed by atoms with Crippen LogP contribution in [0.15, 0.2) is 28.7 Å². The van der Waals surface area contributed by atoms with Gasteiger partial charge in [0.05, 0.1) is 24.9 Å². The molecule has 0 saturated carbocycles. The van der Waals surface area contributed by atoms with Crippen LogP contribution in [0.4, 0.5) is 0 Å². The van der Waals surface area contributed by atoms with Gasteiger partial charge in [0.15, 0.2) is 0 Å². The molecule has 0 amide bonds. The van der Waals surface area contributed by atoms with E-state index < -0.39 is 0 Å². The summed E-state index contributed by atoms with van der Waals surface area (Å²) in [6, 6.07) is 8.74. The standard InChI is InChI=1S/C17H28BrNO2/c1-13(2)19-12-16(14-6-8-15(18)9-7-14)20-10-11-21-17(3,4)5/h6-9,13,16,19H,10-12H2,1-5H3. The quantitative estimate of drug-likeness (QED) is 0.702. The second-order valence-corrected chi connectivity index (χ2v) is 7.35. The molecule has 21 heavy (non-hydrogen) atoms. The fourth-order valence-electron chi connectivity index (χ4n) is 1.83. The van der Waals surface area contributed by atoms with Crippen LogP contribution in [0.5, 0.6) is 0 Å². The van der Waals surface area contributed by atoms with Crippen LogP contribution >= 0.6 is 15.9 Å². The molecule has 1 unspecified atom stereocenters. The SMILES string of the molecule is CC(C)NCC(OCCOC(C)(C)C)c1ccc(Br)cc1. The molecular formula is C17H28BrNO2. The Morgan fingerprint density at radius 1 is 1.10 bits per heavy atom. The minimum Gasteiger partial charge on any atom is -0.373 e. The number of nitrogens with one attached hydrogen (secondary N) is 1. The molecule has 0 aliphatic carbocycles. The highest BCUT2D eigenvalue weighted by Gasteiger charge is 2.14. The summed E-state index contributed by atoms with van der Waals surface area (Å²) in [6.45, 7) is 12.5. The average Bonchev–Trinajstić information content (AvgIpc) is 2.38. The highest BCUT2D eigenvalue weighted by molar-refractivity contribution is 9.10. The van der Waals surface area contributed by atoms with E-state index in [1.165, 1.54) is 5.56 Å². The zero-order valence-corrected chi connectivity index (χ0v) is 15.4. The van der Waals surface area contributed by atoms with Gasteiger partial charge in [0, 0.05) is 17.1 Å². The molecule has 3 nitrogen and oxygen atoms in total. The van der Waals surface area contributed by atoms with Crippen molar-refractivity contribution in [2.45, 2.75) is 52.4 Å². The first-order valence-corrected chi connectivity index (χ1v) is 8.31. The molecule has 0 aliphatic rings. The Kier molecular flexibility index (Phi) is 7.88. The number of ether oxygens (including phenoxy) is 2. The molecular weight excluding hydrogens is 330 g/mol. The summed E-state index contributed by atoms with van der Waals surface area (Å²) in [5, 5.41) is 3.44. The zero-order chi connectivity index (χ0) is 15.9. The van der Waals surface area contributed by atoms with Crippen molar-refractivity contribution in [2.24, 2.45) is 0 Å². The molecule has 0 radical (unpaired) electrons. The van der Waals surface area contributed by atoms with Crippen molar-refractivity contribution in [3.05, 3.63) is 34.3 Å². The van der Waals surface area contributed by atoms with Crippen LogP contribution < -0.4 is 5.32 Å². The molecule has 0 saturated heterocycles. The van der Waals surface area contributed by atoms with Gasteiger partial charge >= 0.3 is 0 Å². The number of rotatable bonds is 8. The van der Waals surface area contributed by atoms with Crippen LogP contribution in [0.25, 0.3) is 0 Å². The van der Waals surface area contributed by atoms with Gasteiger partial charge in [-0.25, -0.2) is 0 Å². The molecule has 0 aromatic heterocycles. The second kappa shape index (κ2) is 8.89. The van der Waals surface area contributed by atoms with E-state index in [0.29, 0.717) is 19.3 Å². The molecule has 1 N–H and O–H groups in total. The number of hydrogen-bond donors (Lipinski definition) is 1. The molecule has 1 rings (SSSR count). The smallest absolute Gasteiger partial charge is 0.0950 e. The van der Waals surface area contributed by atoms with Crippen LogP contribution in [0.2, 0.25) is 0 Å². The van der Waals surface area contributed by atoms with Crippen LogP contribution in [0.1, 0.15) is 46.3 Å². The summed E-state index contributed by atoms with van der Waals surface area (Å²) in [5.74, 6) is 0. The molecule has 1 aromatic carbocycles. The molecule has 120 valence electrons. The van der Waals surface area contributed by atoms with Crippen LogP contribution in [0, 0.1) is 0 Å². The van der Waals surface area contributed by atoms with Crippen LogP contribution in [0.3, 0.4) is 0 Å². The third-order valence-corrected chi connectivity index (χ3v) is 3.42. The predicted octanol–water partition coefficient (Wildman–Crippen LogP) is 4.32. The van der Waals surface area contributed by atoms with Gasteiger partial charge < -0.3 is 14.8 Å². The summed E-state index contributed by atoms with van der Waals surface area (Å²) in [7, 11) is 0. The van der Waals surface area contributed by atoms with E-state index >= 15 is 0 Å². The lowest BCUT2D eigenvalue weighted by Crippen LogP contribution is -2.30. The van der Waals surface area contributed by atoms with Gasteiger partial charge in [0.25, 0.3) is 0 Å². The Morgan fingerprint density at radius 2 is 1.71 bits per heavy atom. The molecule has 0 fully saturated rings. The van der Waals surface area contributed by atoms with E-state index in [9.17, 15) is 0 Å². The van der Waals surface area contributed by atoms with Gasteiger partial charge in [-0.3, -0.25) is 0 Å². The van der Waals surface area contributed by atoms with Gasteiger partial charge in [0.1, 0.15) is 0 Å². The molecule has 0 spiro atoms. The lowest BCUT2D eigenvalue weighted by atomic mass is 10.1. The lowest BCUT2D eigenvalue weighted by Gasteiger charge is -2.23. The lowest BCUT2D eigenvalue weighted by molar-refractivity contribution is -0.0521. The third-order valence-electron chi connectivity index (χ3n) is 2.89. The van der Waals surface area contributed by atoms with Crippen molar-refractivity contribution >= 4 is 15.9 Å². The number of benzene rings is 1. The highest BCUT2D eigenvalue weighted by atomic mass is 79.9. The van der Waals surface area contributed by atoms with Gasteiger partial charge in [-0.2, -0.15) is 0 Å². The van der Waals surface area contributed by atoms with Gasteiger partial charge in [-0.1, -0.05) is 41.9 Å². The highest BCUT2D eigenvalue weighted by Crippen LogP contribution is 2.20. The largest absolute Gasteiger partial charge is 0.373 e. The summed E-state index contributed by atoms with van der Waals surface area (Å²) in [4.78, 5) is 0. The van der Waals surface area contributed by atoms with Crippen molar-refractivity contribution in [3.63, 3.8) is 0 Å². The minimum absolute atomic E-state index is 0.0454. The number of halogens is 1. The summed E-state index contributed by atoms with van der Waals surface area (Å²) < 4.78 is 12.8. The summed E-state index contributed by atoms with van der Waals surface area (Å²) >= 11 is 3.47. The van der Waals surface area contributed by atoms with Gasteiger partial charge in [-0.15, -0.1) is 0 Å². The van der Waals surface area contributed by atoms with Crippen molar-refractivity contribution in [3.8, 4) is 0 Å². The Morgan fingerprint density at radius 3 is 2.24 bits per heavy atom. The molecule has 0 aliphatic heterocycles. The zero-order valence-electron chi connectivity index (χ0n) is 13.8. The molecule has 1 aromatic rings. The van der Waals surface area contributed by atoms with Gasteiger partial charge in [-0.05, 0) is 38.5 Å². The van der Waals surface area contributed by atoms with Crippen molar-refractivity contribution in [1.29, 1.82) is 0 Å².